The Bertz CT molecular complexity index is 527. The normalized spacial score (nSPS) is 10.9. The number of hydrogen-bond acceptors (Lipinski definition) is 3. The van der Waals surface area contributed by atoms with Crippen LogP contribution < -0.4 is 4.74 Å². The van der Waals surface area contributed by atoms with Crippen LogP contribution in [0.4, 0.5) is 0 Å². The first-order valence-electron chi connectivity index (χ1n) is 12.6. The van der Waals surface area contributed by atoms with Crippen LogP contribution in [0.15, 0.2) is 24.3 Å². The molecule has 0 saturated heterocycles. The molecule has 0 bridgehead atoms. The lowest BCUT2D eigenvalue weighted by atomic mass is 10.0. The van der Waals surface area contributed by atoms with Gasteiger partial charge in [-0.2, -0.15) is 0 Å². The standard InChI is InChI=1S/C27H46O3/c1-3-4-5-6-7-8-9-10-11-12-13-14-15-16-17-20-23-30-26-22-19-18-21-25(26)24-27(28)29-2/h18-19,21-22H,3-17,20,23-24H2,1-2H3. The van der Waals surface area contributed by atoms with Crippen molar-refractivity contribution in [3.63, 3.8) is 0 Å². The lowest BCUT2D eigenvalue weighted by Crippen LogP contribution is -2.07. The molecule has 0 aliphatic carbocycles. The van der Waals surface area contributed by atoms with Crippen LogP contribution in [0.2, 0.25) is 0 Å². The fourth-order valence-electron chi connectivity index (χ4n) is 3.85. The molecule has 30 heavy (non-hydrogen) atoms. The molecule has 1 aromatic carbocycles. The predicted molar refractivity (Wildman–Crippen MR) is 127 cm³/mol. The molecule has 0 N–H and O–H groups in total. The molecule has 0 amide bonds. The van der Waals surface area contributed by atoms with Gasteiger partial charge in [0.1, 0.15) is 5.75 Å². The van der Waals surface area contributed by atoms with E-state index in [9.17, 15) is 4.79 Å². The molecule has 172 valence electrons. The molecule has 0 aromatic heterocycles. The van der Waals surface area contributed by atoms with E-state index in [2.05, 4.69) is 6.92 Å². The number of esters is 1. The molecule has 3 nitrogen and oxygen atoms in total. The van der Waals surface area contributed by atoms with Crippen molar-refractivity contribution in [3.8, 4) is 5.75 Å². The quantitative estimate of drug-likeness (QED) is 0.159. The van der Waals surface area contributed by atoms with Crippen LogP contribution in [0.5, 0.6) is 5.75 Å². The van der Waals surface area contributed by atoms with E-state index in [1.807, 2.05) is 24.3 Å². The van der Waals surface area contributed by atoms with Gasteiger partial charge >= 0.3 is 5.97 Å². The minimum Gasteiger partial charge on any atom is -0.493 e. The minimum atomic E-state index is -0.228. The van der Waals surface area contributed by atoms with Gasteiger partial charge in [0.15, 0.2) is 0 Å². The van der Waals surface area contributed by atoms with Crippen molar-refractivity contribution in [2.75, 3.05) is 13.7 Å². The number of ether oxygens (including phenoxy) is 2. The average molecular weight is 419 g/mol. The summed E-state index contributed by atoms with van der Waals surface area (Å²) in [5.41, 5.74) is 0.904. The van der Waals surface area contributed by atoms with Crippen LogP contribution in [-0.4, -0.2) is 19.7 Å². The van der Waals surface area contributed by atoms with Gasteiger partial charge in [-0.1, -0.05) is 121 Å². The van der Waals surface area contributed by atoms with E-state index in [0.717, 1.165) is 24.3 Å². The van der Waals surface area contributed by atoms with Gasteiger partial charge in [-0.3, -0.25) is 4.79 Å². The van der Waals surface area contributed by atoms with E-state index < -0.39 is 0 Å². The molecule has 0 radical (unpaired) electrons. The van der Waals surface area contributed by atoms with Crippen molar-refractivity contribution in [1.29, 1.82) is 0 Å². The first-order chi connectivity index (χ1) is 14.8. The summed E-state index contributed by atoms with van der Waals surface area (Å²) < 4.78 is 10.6. The van der Waals surface area contributed by atoms with E-state index in [0.29, 0.717) is 0 Å². The minimum absolute atomic E-state index is 0.228. The molecule has 1 rings (SSSR count). The maximum absolute atomic E-state index is 11.5. The second-order valence-corrected chi connectivity index (χ2v) is 8.51. The van der Waals surface area contributed by atoms with Crippen molar-refractivity contribution in [2.24, 2.45) is 0 Å². The van der Waals surface area contributed by atoms with Crippen molar-refractivity contribution < 1.29 is 14.3 Å². The predicted octanol–water partition coefficient (Wildman–Crippen LogP) is 8.04. The molecule has 0 atom stereocenters. The van der Waals surface area contributed by atoms with Gasteiger partial charge in [-0.05, 0) is 12.5 Å². The lowest BCUT2D eigenvalue weighted by molar-refractivity contribution is -0.139. The van der Waals surface area contributed by atoms with Crippen molar-refractivity contribution in [1.82, 2.24) is 0 Å². The Morgan fingerprint density at radius 2 is 1.17 bits per heavy atom. The van der Waals surface area contributed by atoms with Gasteiger partial charge in [-0.15, -0.1) is 0 Å². The molecular weight excluding hydrogens is 372 g/mol. The second kappa shape index (κ2) is 19.5. The number of carbonyl (C=O) groups excluding carboxylic acids is 1. The zero-order chi connectivity index (χ0) is 21.7. The number of rotatable bonds is 20. The Kier molecular flexibility index (Phi) is 17.2. The summed E-state index contributed by atoms with van der Waals surface area (Å²) in [4.78, 5) is 11.5. The summed E-state index contributed by atoms with van der Waals surface area (Å²) in [6.45, 7) is 3.00. The van der Waals surface area contributed by atoms with Crippen molar-refractivity contribution in [3.05, 3.63) is 29.8 Å². The Balaban J connectivity index is 1.89. The monoisotopic (exact) mass is 418 g/mol. The maximum atomic E-state index is 11.5. The Hall–Kier alpha value is -1.51. The van der Waals surface area contributed by atoms with Gasteiger partial charge in [0.05, 0.1) is 20.1 Å². The molecule has 0 unspecified atom stereocenters. The summed E-state index contributed by atoms with van der Waals surface area (Å²) >= 11 is 0. The largest absolute Gasteiger partial charge is 0.493 e. The molecule has 0 aliphatic rings. The summed E-state index contributed by atoms with van der Waals surface area (Å²) in [6.07, 6.45) is 22.2. The van der Waals surface area contributed by atoms with Crippen LogP contribution in [0, 0.1) is 0 Å². The van der Waals surface area contributed by atoms with E-state index in [-0.39, 0.29) is 12.4 Å². The third kappa shape index (κ3) is 14.5. The van der Waals surface area contributed by atoms with Crippen LogP contribution in [-0.2, 0) is 16.0 Å². The highest BCUT2D eigenvalue weighted by molar-refractivity contribution is 5.73. The fourth-order valence-corrected chi connectivity index (χ4v) is 3.85. The number of unbranched alkanes of at least 4 members (excludes halogenated alkanes) is 15. The maximum Gasteiger partial charge on any atom is 0.310 e. The van der Waals surface area contributed by atoms with Gasteiger partial charge < -0.3 is 9.47 Å². The zero-order valence-electron chi connectivity index (χ0n) is 19.8. The molecule has 0 fully saturated rings. The summed E-state index contributed by atoms with van der Waals surface area (Å²) in [7, 11) is 1.42. The Labute approximate surface area is 185 Å². The molecule has 0 spiro atoms. The Morgan fingerprint density at radius 3 is 1.67 bits per heavy atom. The second-order valence-electron chi connectivity index (χ2n) is 8.51. The first-order valence-corrected chi connectivity index (χ1v) is 12.6. The van der Waals surface area contributed by atoms with Crippen LogP contribution in [0.3, 0.4) is 0 Å². The van der Waals surface area contributed by atoms with Crippen LogP contribution in [0.1, 0.15) is 115 Å². The molecule has 0 aliphatic heterocycles. The highest BCUT2D eigenvalue weighted by atomic mass is 16.5. The molecule has 3 heteroatoms. The molecule has 0 heterocycles. The van der Waals surface area contributed by atoms with E-state index in [1.165, 1.54) is 103 Å². The van der Waals surface area contributed by atoms with Gasteiger partial charge in [0, 0.05) is 5.56 Å². The molecule has 1 aromatic rings. The Morgan fingerprint density at radius 1 is 0.700 bits per heavy atom. The SMILES string of the molecule is CCCCCCCCCCCCCCCCCCOc1ccccc1CC(=O)OC. The van der Waals surface area contributed by atoms with Crippen molar-refractivity contribution >= 4 is 5.97 Å². The van der Waals surface area contributed by atoms with Crippen LogP contribution >= 0.6 is 0 Å². The summed E-state index contributed by atoms with van der Waals surface area (Å²) in [5, 5.41) is 0. The van der Waals surface area contributed by atoms with Crippen LogP contribution in [0.25, 0.3) is 0 Å². The van der Waals surface area contributed by atoms with E-state index in [4.69, 9.17) is 9.47 Å². The van der Waals surface area contributed by atoms with E-state index >= 15 is 0 Å². The lowest BCUT2D eigenvalue weighted by Gasteiger charge is -2.10. The van der Waals surface area contributed by atoms with Gasteiger partial charge in [0.25, 0.3) is 0 Å². The third-order valence-electron chi connectivity index (χ3n) is 5.79. The first kappa shape index (κ1) is 26.5. The van der Waals surface area contributed by atoms with Crippen molar-refractivity contribution in [2.45, 2.75) is 116 Å². The smallest absolute Gasteiger partial charge is 0.310 e. The number of hydrogen-bond donors (Lipinski definition) is 0. The van der Waals surface area contributed by atoms with E-state index in [1.54, 1.807) is 0 Å². The number of methoxy groups -OCH3 is 1. The highest BCUT2D eigenvalue weighted by Gasteiger charge is 2.08. The summed E-state index contributed by atoms with van der Waals surface area (Å²) in [6, 6.07) is 7.74. The average Bonchev–Trinajstić information content (AvgIpc) is 2.76. The zero-order valence-corrected chi connectivity index (χ0v) is 19.8. The van der Waals surface area contributed by atoms with Gasteiger partial charge in [0.2, 0.25) is 0 Å². The number of para-hydroxylation sites is 1. The highest BCUT2D eigenvalue weighted by Crippen LogP contribution is 2.20. The topological polar surface area (TPSA) is 35.5 Å². The van der Waals surface area contributed by atoms with Gasteiger partial charge in [-0.25, -0.2) is 0 Å². The third-order valence-corrected chi connectivity index (χ3v) is 5.79. The number of carbonyl (C=O) groups is 1. The number of benzene rings is 1. The fraction of sp³-hybridized carbons (Fsp3) is 0.741. The summed E-state index contributed by atoms with van der Waals surface area (Å²) in [5.74, 6) is 0.581. The molecule has 0 saturated carbocycles. The molecular formula is C27H46O3.